The van der Waals surface area contributed by atoms with Gasteiger partial charge in [0.05, 0.1) is 6.07 Å². The van der Waals surface area contributed by atoms with Crippen LogP contribution in [0.3, 0.4) is 0 Å². The summed E-state index contributed by atoms with van der Waals surface area (Å²) in [6, 6.07) is 1.06. The van der Waals surface area contributed by atoms with E-state index in [2.05, 4.69) is 19.2 Å². The van der Waals surface area contributed by atoms with Crippen molar-refractivity contribution in [2.45, 2.75) is 60.0 Å². The molecule has 122 valence electrons. The summed E-state index contributed by atoms with van der Waals surface area (Å²) in [5.74, 6) is 0.460. The molecule has 0 bridgehead atoms. The Bertz CT molecular complexity index is 527. The number of hydrogen-bond donors (Lipinski definition) is 1. The summed E-state index contributed by atoms with van der Waals surface area (Å²) in [7, 11) is 0. The molecule has 0 aromatic heterocycles. The van der Waals surface area contributed by atoms with Gasteiger partial charge in [0.15, 0.2) is 0 Å². The highest BCUT2D eigenvalue weighted by Gasteiger charge is 2.69. The molecule has 5 nitrogen and oxygen atoms in total. The van der Waals surface area contributed by atoms with Crippen LogP contribution >= 0.6 is 0 Å². The molecule has 4 atom stereocenters. The van der Waals surface area contributed by atoms with Gasteiger partial charge in [-0.05, 0) is 29.6 Å². The van der Waals surface area contributed by atoms with E-state index in [-0.39, 0.29) is 28.6 Å². The Morgan fingerprint density at radius 3 is 2.50 bits per heavy atom. The summed E-state index contributed by atoms with van der Waals surface area (Å²) in [6.07, 6.45) is 0.435. The molecular formula is C17H27N3O2. The second kappa shape index (κ2) is 5.26. The molecule has 22 heavy (non-hydrogen) atoms. The van der Waals surface area contributed by atoms with E-state index in [1.165, 1.54) is 0 Å². The van der Waals surface area contributed by atoms with Gasteiger partial charge in [-0.3, -0.25) is 9.59 Å². The van der Waals surface area contributed by atoms with Crippen molar-refractivity contribution in [2.75, 3.05) is 6.54 Å². The van der Waals surface area contributed by atoms with Gasteiger partial charge in [-0.15, -0.1) is 0 Å². The van der Waals surface area contributed by atoms with Crippen molar-refractivity contribution in [1.29, 1.82) is 5.26 Å². The van der Waals surface area contributed by atoms with Gasteiger partial charge in [0.1, 0.15) is 12.1 Å². The molecule has 0 aromatic rings. The first kappa shape index (κ1) is 16.8. The quantitative estimate of drug-likeness (QED) is 0.866. The molecule has 0 radical (unpaired) electrons. The summed E-state index contributed by atoms with van der Waals surface area (Å²) >= 11 is 0. The Labute approximate surface area is 133 Å². The van der Waals surface area contributed by atoms with Crippen LogP contribution in [-0.4, -0.2) is 35.3 Å². The van der Waals surface area contributed by atoms with Crippen LogP contribution in [0.4, 0.5) is 0 Å². The average Bonchev–Trinajstić information content (AvgIpc) is 2.75. The smallest absolute Gasteiger partial charge is 0.244 e. The van der Waals surface area contributed by atoms with Crippen molar-refractivity contribution in [2.24, 2.45) is 22.7 Å². The summed E-state index contributed by atoms with van der Waals surface area (Å²) in [4.78, 5) is 26.9. The minimum atomic E-state index is -0.534. The zero-order valence-corrected chi connectivity index (χ0v) is 14.4. The lowest BCUT2D eigenvalue weighted by Crippen LogP contribution is -2.51. The number of carbonyl (C=O) groups is 2. The largest absolute Gasteiger partial charge is 0.339 e. The standard InChI is InChI=1S/C17H27N3O2/c1-10(8-18)19-15(22)14-13-11(17(13,5)6)9-20(14)12(21)7-16(2,3)4/h10-11,13-14H,7,9H2,1-6H3,(H,19,22)/t10-,11-,13?,14-/m0/s1. The van der Waals surface area contributed by atoms with E-state index in [1.807, 2.05) is 26.8 Å². The molecule has 2 rings (SSSR count). The maximum atomic E-state index is 12.6. The molecule has 1 aliphatic carbocycles. The third-order valence-electron chi connectivity index (χ3n) is 5.03. The van der Waals surface area contributed by atoms with Gasteiger partial charge in [-0.25, -0.2) is 0 Å². The van der Waals surface area contributed by atoms with E-state index < -0.39 is 12.1 Å². The van der Waals surface area contributed by atoms with Crippen LogP contribution in [-0.2, 0) is 9.59 Å². The number of hydrogen-bond acceptors (Lipinski definition) is 3. The van der Waals surface area contributed by atoms with E-state index in [4.69, 9.17) is 5.26 Å². The summed E-state index contributed by atoms with van der Waals surface area (Å²) < 4.78 is 0. The maximum Gasteiger partial charge on any atom is 0.244 e. The lowest BCUT2D eigenvalue weighted by atomic mass is 9.90. The van der Waals surface area contributed by atoms with Crippen LogP contribution in [0.15, 0.2) is 0 Å². The van der Waals surface area contributed by atoms with E-state index >= 15 is 0 Å². The number of nitrogens with one attached hydrogen (secondary N) is 1. The highest BCUT2D eigenvalue weighted by Crippen LogP contribution is 2.65. The number of carbonyl (C=O) groups excluding carboxylic acids is 2. The second-order valence-corrected chi connectivity index (χ2v) is 8.54. The van der Waals surface area contributed by atoms with Gasteiger partial charge in [-0.1, -0.05) is 34.6 Å². The van der Waals surface area contributed by atoms with Gasteiger partial charge < -0.3 is 10.2 Å². The van der Waals surface area contributed by atoms with Crippen molar-refractivity contribution < 1.29 is 9.59 Å². The molecule has 1 heterocycles. The minimum Gasteiger partial charge on any atom is -0.339 e. The van der Waals surface area contributed by atoms with Crippen LogP contribution in [0.1, 0.15) is 48.0 Å². The summed E-state index contributed by atoms with van der Waals surface area (Å²) in [5, 5.41) is 11.6. The molecule has 2 aliphatic rings. The van der Waals surface area contributed by atoms with E-state index in [0.29, 0.717) is 18.9 Å². The fraction of sp³-hybridized carbons (Fsp3) is 0.824. The molecule has 0 aromatic carbocycles. The molecule has 0 spiro atoms. The average molecular weight is 305 g/mol. The summed E-state index contributed by atoms with van der Waals surface area (Å²) in [5.41, 5.74) is 0.0107. The van der Waals surface area contributed by atoms with E-state index in [1.54, 1.807) is 11.8 Å². The molecule has 1 saturated carbocycles. The molecule has 1 saturated heterocycles. The van der Waals surface area contributed by atoms with Gasteiger partial charge in [-0.2, -0.15) is 5.26 Å². The second-order valence-electron chi connectivity index (χ2n) is 8.54. The van der Waals surface area contributed by atoms with Crippen LogP contribution in [0, 0.1) is 34.0 Å². The van der Waals surface area contributed by atoms with Crippen LogP contribution in [0.2, 0.25) is 0 Å². The Balaban J connectivity index is 2.15. The fourth-order valence-electron chi connectivity index (χ4n) is 3.73. The lowest BCUT2D eigenvalue weighted by molar-refractivity contribution is -0.141. The van der Waals surface area contributed by atoms with Crippen molar-refractivity contribution in [1.82, 2.24) is 10.2 Å². The molecular weight excluding hydrogens is 278 g/mol. The Kier molecular flexibility index (Phi) is 4.01. The zero-order chi connectivity index (χ0) is 16.9. The first-order valence-corrected chi connectivity index (χ1v) is 7.98. The minimum absolute atomic E-state index is 0.0419. The monoisotopic (exact) mass is 305 g/mol. The van der Waals surface area contributed by atoms with E-state index in [0.717, 1.165) is 0 Å². The molecule has 1 unspecified atom stereocenters. The molecule has 1 N–H and O–H groups in total. The first-order valence-electron chi connectivity index (χ1n) is 7.98. The fourth-order valence-corrected chi connectivity index (χ4v) is 3.73. The Morgan fingerprint density at radius 2 is 2.00 bits per heavy atom. The number of piperidine rings is 1. The maximum absolute atomic E-state index is 12.6. The SMILES string of the molecule is C[C@@H](C#N)NC(=O)[C@@H]1C2[C@H](CN1C(=O)CC(C)(C)C)C2(C)C. The highest BCUT2D eigenvalue weighted by atomic mass is 16.2. The predicted molar refractivity (Wildman–Crippen MR) is 83.6 cm³/mol. The van der Waals surface area contributed by atoms with Crippen LogP contribution < -0.4 is 5.32 Å². The van der Waals surface area contributed by atoms with Crippen molar-refractivity contribution in [3.8, 4) is 6.07 Å². The number of fused-ring (bicyclic) bond motifs is 1. The Hall–Kier alpha value is -1.57. The van der Waals surface area contributed by atoms with Crippen LogP contribution in [0.25, 0.3) is 0 Å². The molecule has 2 amide bonds. The number of nitriles is 1. The topological polar surface area (TPSA) is 73.2 Å². The predicted octanol–water partition coefficient (Wildman–Crippen LogP) is 1.93. The van der Waals surface area contributed by atoms with Gasteiger partial charge in [0, 0.05) is 13.0 Å². The summed E-state index contributed by atoms with van der Waals surface area (Å²) in [6.45, 7) is 12.7. The number of amides is 2. The highest BCUT2D eigenvalue weighted by molar-refractivity contribution is 5.90. The number of rotatable bonds is 3. The van der Waals surface area contributed by atoms with Gasteiger partial charge >= 0.3 is 0 Å². The normalized spacial score (nSPS) is 30.2. The van der Waals surface area contributed by atoms with Crippen molar-refractivity contribution in [3.63, 3.8) is 0 Å². The van der Waals surface area contributed by atoms with E-state index in [9.17, 15) is 9.59 Å². The molecule has 2 fully saturated rings. The molecule has 1 aliphatic heterocycles. The zero-order valence-electron chi connectivity index (χ0n) is 14.4. The third kappa shape index (κ3) is 2.97. The lowest BCUT2D eigenvalue weighted by Gasteiger charge is -2.32. The van der Waals surface area contributed by atoms with Crippen LogP contribution in [0.5, 0.6) is 0 Å². The van der Waals surface area contributed by atoms with Gasteiger partial charge in [0.2, 0.25) is 11.8 Å². The number of nitrogens with zero attached hydrogens (tertiary/aromatic N) is 2. The van der Waals surface area contributed by atoms with Gasteiger partial charge in [0.25, 0.3) is 0 Å². The van der Waals surface area contributed by atoms with Crippen molar-refractivity contribution >= 4 is 11.8 Å². The first-order chi connectivity index (χ1) is 9.99. The number of likely N-dealkylation sites (tertiary alicyclic amines) is 1. The third-order valence-corrected chi connectivity index (χ3v) is 5.03. The Morgan fingerprint density at radius 1 is 1.41 bits per heavy atom. The molecule has 5 heteroatoms. The van der Waals surface area contributed by atoms with Crippen molar-refractivity contribution in [3.05, 3.63) is 0 Å².